The Bertz CT molecular complexity index is 279. The van der Waals surface area contributed by atoms with Crippen molar-refractivity contribution in [1.82, 2.24) is 4.90 Å². The van der Waals surface area contributed by atoms with E-state index >= 15 is 0 Å². The molecule has 98 valence electrons. The van der Waals surface area contributed by atoms with Crippen molar-refractivity contribution in [3.8, 4) is 0 Å². The van der Waals surface area contributed by atoms with Crippen molar-refractivity contribution >= 4 is 12.4 Å². The van der Waals surface area contributed by atoms with E-state index in [0.29, 0.717) is 6.42 Å². The van der Waals surface area contributed by atoms with Crippen LogP contribution in [0.5, 0.6) is 0 Å². The minimum Gasteiger partial charge on any atom is -0.444 e. The van der Waals surface area contributed by atoms with E-state index in [1.54, 1.807) is 4.90 Å². The van der Waals surface area contributed by atoms with Crippen LogP contribution in [-0.4, -0.2) is 35.0 Å². The lowest BCUT2D eigenvalue weighted by Gasteiger charge is -2.32. The van der Waals surface area contributed by atoms with Gasteiger partial charge in [0.15, 0.2) is 0 Å². The summed E-state index contributed by atoms with van der Waals surface area (Å²) in [6.45, 7) is 7.57. The Morgan fingerprint density at radius 3 is 2.41 bits per heavy atom. The Balaban J connectivity index is 2.70. The predicted molar refractivity (Wildman–Crippen MR) is 65.9 cm³/mol. The van der Waals surface area contributed by atoms with Gasteiger partial charge in [-0.05, 0) is 40.0 Å². The summed E-state index contributed by atoms with van der Waals surface area (Å²) in [6, 6.07) is 0.254. The summed E-state index contributed by atoms with van der Waals surface area (Å²) in [7, 11) is 0. The Morgan fingerprint density at radius 1 is 1.47 bits per heavy atom. The molecular formula is C13H23NO3. The molecule has 0 N–H and O–H groups in total. The van der Waals surface area contributed by atoms with Gasteiger partial charge in [-0.25, -0.2) is 4.79 Å². The average Bonchev–Trinajstić information content (AvgIpc) is 2.98. The number of ether oxygens (including phenoxy) is 1. The molecule has 17 heavy (non-hydrogen) atoms. The van der Waals surface area contributed by atoms with Crippen LogP contribution in [-0.2, 0) is 9.53 Å². The van der Waals surface area contributed by atoms with E-state index in [0.717, 1.165) is 25.5 Å². The molecule has 0 radical (unpaired) electrons. The third-order valence-corrected chi connectivity index (χ3v) is 2.78. The van der Waals surface area contributed by atoms with Gasteiger partial charge in [0.1, 0.15) is 11.9 Å². The van der Waals surface area contributed by atoms with Gasteiger partial charge < -0.3 is 14.4 Å². The quantitative estimate of drug-likeness (QED) is 0.695. The number of amides is 1. The fourth-order valence-corrected chi connectivity index (χ4v) is 1.85. The SMILES string of the molecule is CCC(CC=O)N(C(=O)OC(C)(C)C)C1CC1. The molecule has 0 aromatic heterocycles. The minimum absolute atomic E-state index is 0.0187. The van der Waals surface area contributed by atoms with Crippen molar-refractivity contribution in [1.29, 1.82) is 0 Å². The van der Waals surface area contributed by atoms with Gasteiger partial charge in [-0.2, -0.15) is 0 Å². The van der Waals surface area contributed by atoms with Crippen LogP contribution in [0.1, 0.15) is 53.4 Å². The summed E-state index contributed by atoms with van der Waals surface area (Å²) >= 11 is 0. The van der Waals surface area contributed by atoms with Crippen LogP contribution in [0.25, 0.3) is 0 Å². The van der Waals surface area contributed by atoms with Crippen molar-refractivity contribution < 1.29 is 14.3 Å². The second kappa shape index (κ2) is 5.52. The zero-order valence-corrected chi connectivity index (χ0v) is 11.2. The molecule has 1 aliphatic carbocycles. The van der Waals surface area contributed by atoms with Gasteiger partial charge in [0.2, 0.25) is 0 Å². The molecule has 4 heteroatoms. The van der Waals surface area contributed by atoms with Crippen molar-refractivity contribution in [2.24, 2.45) is 0 Å². The van der Waals surface area contributed by atoms with E-state index in [9.17, 15) is 9.59 Å². The summed E-state index contributed by atoms with van der Waals surface area (Å²) < 4.78 is 5.40. The lowest BCUT2D eigenvalue weighted by Crippen LogP contribution is -2.44. The number of hydrogen-bond acceptors (Lipinski definition) is 3. The van der Waals surface area contributed by atoms with Crippen LogP contribution >= 0.6 is 0 Å². The third-order valence-electron chi connectivity index (χ3n) is 2.78. The van der Waals surface area contributed by atoms with Crippen LogP contribution in [0.3, 0.4) is 0 Å². The largest absolute Gasteiger partial charge is 0.444 e. The molecule has 0 aromatic rings. The lowest BCUT2D eigenvalue weighted by molar-refractivity contribution is -0.108. The van der Waals surface area contributed by atoms with Gasteiger partial charge in [-0.1, -0.05) is 6.92 Å². The first-order chi connectivity index (χ1) is 7.89. The van der Waals surface area contributed by atoms with Crippen molar-refractivity contribution in [2.75, 3.05) is 0 Å². The number of carbonyl (C=O) groups excluding carboxylic acids is 2. The minimum atomic E-state index is -0.482. The van der Waals surface area contributed by atoms with Crippen LogP contribution in [0.15, 0.2) is 0 Å². The van der Waals surface area contributed by atoms with Gasteiger partial charge in [-0.3, -0.25) is 0 Å². The number of aldehydes is 1. The second-order valence-corrected chi connectivity index (χ2v) is 5.58. The number of nitrogens with zero attached hydrogens (tertiary/aromatic N) is 1. The Morgan fingerprint density at radius 2 is 2.06 bits per heavy atom. The van der Waals surface area contributed by atoms with Crippen LogP contribution in [0.2, 0.25) is 0 Å². The van der Waals surface area contributed by atoms with Crippen molar-refractivity contribution in [3.63, 3.8) is 0 Å². The second-order valence-electron chi connectivity index (χ2n) is 5.58. The molecule has 1 rings (SSSR count). The monoisotopic (exact) mass is 241 g/mol. The molecule has 1 unspecified atom stereocenters. The molecule has 1 fully saturated rings. The van der Waals surface area contributed by atoms with E-state index in [1.807, 2.05) is 27.7 Å². The van der Waals surface area contributed by atoms with E-state index < -0.39 is 5.60 Å². The lowest BCUT2D eigenvalue weighted by atomic mass is 10.1. The maximum absolute atomic E-state index is 12.1. The molecule has 0 aliphatic heterocycles. The number of hydrogen-bond donors (Lipinski definition) is 0. The zero-order chi connectivity index (χ0) is 13.1. The fraction of sp³-hybridized carbons (Fsp3) is 0.846. The predicted octanol–water partition coefficient (Wildman–Crippen LogP) is 2.75. The maximum Gasteiger partial charge on any atom is 0.410 e. The molecule has 1 amide bonds. The Hall–Kier alpha value is -1.06. The van der Waals surface area contributed by atoms with Crippen LogP contribution in [0.4, 0.5) is 4.79 Å². The standard InChI is InChI=1S/C13H23NO3/c1-5-10(8-9-15)14(11-6-7-11)12(16)17-13(2,3)4/h9-11H,5-8H2,1-4H3. The highest BCUT2D eigenvalue weighted by Crippen LogP contribution is 2.31. The molecule has 0 heterocycles. The summed E-state index contributed by atoms with van der Waals surface area (Å²) in [4.78, 5) is 24.5. The van der Waals surface area contributed by atoms with Gasteiger partial charge in [-0.15, -0.1) is 0 Å². The summed E-state index contributed by atoms with van der Waals surface area (Å²) in [5.41, 5.74) is -0.482. The zero-order valence-electron chi connectivity index (χ0n) is 11.2. The molecule has 4 nitrogen and oxygen atoms in total. The van der Waals surface area contributed by atoms with E-state index in [4.69, 9.17) is 4.74 Å². The normalized spacial score (nSPS) is 17.4. The fourth-order valence-electron chi connectivity index (χ4n) is 1.85. The maximum atomic E-state index is 12.1. The Kier molecular flexibility index (Phi) is 4.54. The summed E-state index contributed by atoms with van der Waals surface area (Å²) in [5, 5.41) is 0. The first-order valence-electron chi connectivity index (χ1n) is 6.34. The van der Waals surface area contributed by atoms with E-state index in [-0.39, 0.29) is 18.2 Å². The molecule has 0 saturated heterocycles. The summed E-state index contributed by atoms with van der Waals surface area (Å²) in [6.07, 6.45) is 3.83. The summed E-state index contributed by atoms with van der Waals surface area (Å²) in [5.74, 6) is 0. The number of rotatable bonds is 5. The topological polar surface area (TPSA) is 46.6 Å². The first-order valence-corrected chi connectivity index (χ1v) is 6.34. The molecule has 0 spiro atoms. The van der Waals surface area contributed by atoms with Crippen molar-refractivity contribution in [2.45, 2.75) is 71.1 Å². The van der Waals surface area contributed by atoms with Gasteiger partial charge in [0.25, 0.3) is 0 Å². The van der Waals surface area contributed by atoms with Gasteiger partial charge in [0.05, 0.1) is 0 Å². The average molecular weight is 241 g/mol. The first kappa shape index (κ1) is 14.0. The highest BCUT2D eigenvalue weighted by atomic mass is 16.6. The van der Waals surface area contributed by atoms with Crippen LogP contribution < -0.4 is 0 Å². The van der Waals surface area contributed by atoms with Crippen molar-refractivity contribution in [3.05, 3.63) is 0 Å². The Labute approximate surface area is 103 Å². The molecule has 1 aliphatic rings. The molecule has 1 atom stereocenters. The van der Waals surface area contributed by atoms with Gasteiger partial charge >= 0.3 is 6.09 Å². The third kappa shape index (κ3) is 4.36. The van der Waals surface area contributed by atoms with Crippen LogP contribution in [0, 0.1) is 0 Å². The van der Waals surface area contributed by atoms with Gasteiger partial charge in [0, 0.05) is 18.5 Å². The highest BCUT2D eigenvalue weighted by molar-refractivity contribution is 5.70. The number of carbonyl (C=O) groups is 2. The highest BCUT2D eigenvalue weighted by Gasteiger charge is 2.38. The van der Waals surface area contributed by atoms with E-state index in [2.05, 4.69) is 0 Å². The smallest absolute Gasteiger partial charge is 0.410 e. The van der Waals surface area contributed by atoms with E-state index in [1.165, 1.54) is 0 Å². The molecule has 1 saturated carbocycles. The molecule has 0 bridgehead atoms. The molecular weight excluding hydrogens is 218 g/mol. The molecule has 0 aromatic carbocycles.